The van der Waals surface area contributed by atoms with Gasteiger partial charge in [-0.2, -0.15) is 0 Å². The lowest BCUT2D eigenvalue weighted by molar-refractivity contribution is -0.187. The van der Waals surface area contributed by atoms with Gasteiger partial charge in [-0.1, -0.05) is 17.7 Å². The van der Waals surface area contributed by atoms with Crippen molar-refractivity contribution in [3.8, 4) is 0 Å². The summed E-state index contributed by atoms with van der Waals surface area (Å²) in [5.74, 6) is -0.821. The number of piperidine rings is 1. The molecule has 138 valence electrons. The topological polar surface area (TPSA) is 76.2 Å². The number of halogens is 1. The van der Waals surface area contributed by atoms with Gasteiger partial charge in [0.25, 0.3) is 0 Å². The Hall–Kier alpha value is -1.35. The van der Waals surface area contributed by atoms with Crippen molar-refractivity contribution in [2.75, 3.05) is 43.4 Å². The number of benzene rings is 1. The lowest BCUT2D eigenvalue weighted by Crippen LogP contribution is -2.50. The third kappa shape index (κ3) is 4.25. The van der Waals surface area contributed by atoms with E-state index in [9.17, 15) is 13.2 Å². The van der Waals surface area contributed by atoms with Gasteiger partial charge in [0.15, 0.2) is 5.79 Å². The van der Waals surface area contributed by atoms with Crippen LogP contribution in [0.15, 0.2) is 24.3 Å². The molecule has 0 atom stereocenters. The van der Waals surface area contributed by atoms with Crippen molar-refractivity contribution in [2.24, 2.45) is 0 Å². The number of sulfonamides is 1. The van der Waals surface area contributed by atoms with Crippen LogP contribution in [0.3, 0.4) is 0 Å². The zero-order valence-corrected chi connectivity index (χ0v) is 15.6. The van der Waals surface area contributed by atoms with Gasteiger partial charge in [0.05, 0.1) is 25.2 Å². The number of amides is 1. The van der Waals surface area contributed by atoms with Gasteiger partial charge in [0.2, 0.25) is 15.9 Å². The van der Waals surface area contributed by atoms with Crippen molar-refractivity contribution >= 4 is 33.2 Å². The highest BCUT2D eigenvalue weighted by Crippen LogP contribution is 2.31. The van der Waals surface area contributed by atoms with Crippen LogP contribution >= 0.6 is 11.6 Å². The van der Waals surface area contributed by atoms with Gasteiger partial charge in [0.1, 0.15) is 6.54 Å². The third-order valence-corrected chi connectivity index (χ3v) is 5.84. The quantitative estimate of drug-likeness (QED) is 0.780. The molecule has 2 aliphatic heterocycles. The molecule has 0 N–H and O–H groups in total. The maximum atomic E-state index is 12.6. The summed E-state index contributed by atoms with van der Waals surface area (Å²) < 4.78 is 36.6. The first-order chi connectivity index (χ1) is 11.8. The summed E-state index contributed by atoms with van der Waals surface area (Å²) in [5, 5.41) is 0.411. The summed E-state index contributed by atoms with van der Waals surface area (Å²) in [7, 11) is -3.61. The number of hydrogen-bond donors (Lipinski definition) is 0. The molecular formula is C16H21ClN2O5S. The molecule has 0 bridgehead atoms. The second-order valence-electron chi connectivity index (χ2n) is 6.24. The maximum Gasteiger partial charge on any atom is 0.243 e. The predicted octanol–water partition coefficient (Wildman–Crippen LogP) is 1.47. The summed E-state index contributed by atoms with van der Waals surface area (Å²) in [6.45, 7) is 1.85. The second-order valence-corrected chi connectivity index (χ2v) is 8.58. The van der Waals surface area contributed by atoms with Crippen molar-refractivity contribution in [2.45, 2.75) is 18.6 Å². The molecule has 0 aromatic heterocycles. The highest BCUT2D eigenvalue weighted by molar-refractivity contribution is 7.92. The van der Waals surface area contributed by atoms with Crippen molar-refractivity contribution < 1.29 is 22.7 Å². The molecule has 25 heavy (non-hydrogen) atoms. The standard InChI is InChI=1S/C16H21ClN2O5S/c1-25(21,22)19(14-4-2-3-13(17)11-14)12-15(20)18-7-5-16(6-8-18)23-9-10-24-16/h2-4,11H,5-10,12H2,1H3. The SMILES string of the molecule is CS(=O)(=O)N(CC(=O)N1CCC2(CC1)OCCO2)c1cccc(Cl)c1. The first-order valence-electron chi connectivity index (χ1n) is 8.08. The molecule has 0 unspecified atom stereocenters. The average Bonchev–Trinajstić information content (AvgIpc) is 3.00. The molecule has 1 spiro atoms. The van der Waals surface area contributed by atoms with Crippen molar-refractivity contribution in [1.82, 2.24) is 4.90 Å². The maximum absolute atomic E-state index is 12.6. The minimum Gasteiger partial charge on any atom is -0.347 e. The van der Waals surface area contributed by atoms with E-state index in [4.69, 9.17) is 21.1 Å². The van der Waals surface area contributed by atoms with Crippen LogP contribution in [0, 0.1) is 0 Å². The van der Waals surface area contributed by atoms with Crippen LogP contribution in [0.2, 0.25) is 5.02 Å². The van der Waals surface area contributed by atoms with E-state index in [1.807, 2.05) is 0 Å². The molecule has 9 heteroatoms. The number of likely N-dealkylation sites (tertiary alicyclic amines) is 1. The molecule has 1 amide bonds. The number of ether oxygens (including phenoxy) is 2. The summed E-state index contributed by atoms with van der Waals surface area (Å²) in [4.78, 5) is 14.3. The van der Waals surface area contributed by atoms with Crippen LogP contribution in [-0.4, -0.2) is 64.1 Å². The molecule has 2 heterocycles. The molecule has 0 saturated carbocycles. The van der Waals surface area contributed by atoms with Crippen molar-refractivity contribution in [1.29, 1.82) is 0 Å². The van der Waals surface area contributed by atoms with Gasteiger partial charge in [-0.15, -0.1) is 0 Å². The van der Waals surface area contributed by atoms with Crippen LogP contribution in [0.4, 0.5) is 5.69 Å². The number of rotatable bonds is 4. The van der Waals surface area contributed by atoms with E-state index in [1.165, 1.54) is 6.07 Å². The molecule has 1 aromatic rings. The normalized spacial score (nSPS) is 20.0. The van der Waals surface area contributed by atoms with Crippen LogP contribution in [0.25, 0.3) is 0 Å². The van der Waals surface area contributed by atoms with Gasteiger partial charge < -0.3 is 14.4 Å². The number of anilines is 1. The molecule has 1 aromatic carbocycles. The van der Waals surface area contributed by atoms with E-state index in [-0.39, 0.29) is 12.5 Å². The fraction of sp³-hybridized carbons (Fsp3) is 0.562. The zero-order valence-electron chi connectivity index (χ0n) is 14.0. The second kappa shape index (κ2) is 7.11. The van der Waals surface area contributed by atoms with Gasteiger partial charge >= 0.3 is 0 Å². The Labute approximate surface area is 152 Å². The Morgan fingerprint density at radius 2 is 1.92 bits per heavy atom. The van der Waals surface area contributed by atoms with Crippen molar-refractivity contribution in [3.63, 3.8) is 0 Å². The number of carbonyl (C=O) groups is 1. The van der Waals surface area contributed by atoms with E-state index in [0.29, 0.717) is 49.9 Å². The van der Waals surface area contributed by atoms with Crippen LogP contribution in [0.5, 0.6) is 0 Å². The molecule has 7 nitrogen and oxygen atoms in total. The van der Waals surface area contributed by atoms with E-state index < -0.39 is 15.8 Å². The first-order valence-corrected chi connectivity index (χ1v) is 10.3. The minimum absolute atomic E-state index is 0.252. The van der Waals surface area contributed by atoms with Crippen LogP contribution in [-0.2, 0) is 24.3 Å². The van der Waals surface area contributed by atoms with E-state index >= 15 is 0 Å². The number of nitrogens with zero attached hydrogens (tertiary/aromatic N) is 2. The van der Waals surface area contributed by atoms with Gasteiger partial charge in [-0.3, -0.25) is 9.10 Å². The Kier molecular flexibility index (Phi) is 5.24. The lowest BCUT2D eigenvalue weighted by Gasteiger charge is -2.38. The Morgan fingerprint density at radius 1 is 1.28 bits per heavy atom. The van der Waals surface area contributed by atoms with Crippen LogP contribution in [0.1, 0.15) is 12.8 Å². The molecule has 0 radical (unpaired) electrons. The molecule has 2 saturated heterocycles. The van der Waals surface area contributed by atoms with Crippen LogP contribution < -0.4 is 4.31 Å². The molecule has 2 aliphatic rings. The largest absolute Gasteiger partial charge is 0.347 e. The van der Waals surface area contributed by atoms with Gasteiger partial charge in [0, 0.05) is 31.0 Å². The smallest absolute Gasteiger partial charge is 0.243 e. The first kappa shape index (κ1) is 18.4. The van der Waals surface area contributed by atoms with Gasteiger partial charge in [-0.05, 0) is 18.2 Å². The molecule has 2 fully saturated rings. The summed E-state index contributed by atoms with van der Waals surface area (Å²) >= 11 is 5.95. The highest BCUT2D eigenvalue weighted by atomic mass is 35.5. The zero-order chi connectivity index (χ0) is 18.1. The summed E-state index contributed by atoms with van der Waals surface area (Å²) in [6, 6.07) is 6.45. The average molecular weight is 389 g/mol. The van der Waals surface area contributed by atoms with E-state index in [0.717, 1.165) is 10.6 Å². The van der Waals surface area contributed by atoms with E-state index in [2.05, 4.69) is 0 Å². The van der Waals surface area contributed by atoms with E-state index in [1.54, 1.807) is 23.1 Å². The summed E-state index contributed by atoms with van der Waals surface area (Å²) in [6.07, 6.45) is 2.26. The number of carbonyl (C=O) groups excluding carboxylic acids is 1. The lowest BCUT2D eigenvalue weighted by atomic mass is 10.0. The number of hydrogen-bond acceptors (Lipinski definition) is 5. The highest BCUT2D eigenvalue weighted by Gasteiger charge is 2.41. The fourth-order valence-electron chi connectivity index (χ4n) is 3.14. The molecule has 3 rings (SSSR count). The molecule has 0 aliphatic carbocycles. The van der Waals surface area contributed by atoms with Crippen molar-refractivity contribution in [3.05, 3.63) is 29.3 Å². The predicted molar refractivity (Wildman–Crippen MR) is 94.1 cm³/mol. The Balaban J connectivity index is 1.69. The van der Waals surface area contributed by atoms with Gasteiger partial charge in [-0.25, -0.2) is 8.42 Å². The minimum atomic E-state index is -3.61. The Morgan fingerprint density at radius 3 is 2.48 bits per heavy atom. The Bertz CT molecular complexity index is 739. The third-order valence-electron chi connectivity index (χ3n) is 4.47. The monoisotopic (exact) mass is 388 g/mol. The fourth-order valence-corrected chi connectivity index (χ4v) is 4.16. The summed E-state index contributed by atoms with van der Waals surface area (Å²) in [5.41, 5.74) is 0.374. The molecular weight excluding hydrogens is 368 g/mol.